The van der Waals surface area contributed by atoms with Crippen molar-refractivity contribution in [3.8, 4) is 0 Å². The summed E-state index contributed by atoms with van der Waals surface area (Å²) >= 11 is 0. The van der Waals surface area contributed by atoms with Gasteiger partial charge in [-0.2, -0.15) is 0 Å². The number of hydrogen-bond acceptors (Lipinski definition) is 2. The number of fused-ring (bicyclic) bond motifs is 1. The number of nitrogens with zero attached hydrogens (tertiary/aromatic N) is 1. The number of hydrogen-bond donors (Lipinski definition) is 1. The number of aryl methyl sites for hydroxylation is 2. The van der Waals surface area contributed by atoms with Gasteiger partial charge in [-0.1, -0.05) is 35.9 Å². The number of benzene rings is 2. The normalized spacial score (nSPS) is 12.3. The van der Waals surface area contributed by atoms with Crippen LogP contribution in [0.1, 0.15) is 29.7 Å². The van der Waals surface area contributed by atoms with Crippen LogP contribution in [-0.2, 0) is 0 Å². The fraction of sp³-hybridized carbons (Fsp3) is 0.211. The topological polar surface area (TPSA) is 24.9 Å². The van der Waals surface area contributed by atoms with Gasteiger partial charge < -0.3 is 5.32 Å². The Morgan fingerprint density at radius 1 is 0.952 bits per heavy atom. The first-order chi connectivity index (χ1) is 10.1. The van der Waals surface area contributed by atoms with Gasteiger partial charge in [0, 0.05) is 23.3 Å². The van der Waals surface area contributed by atoms with Gasteiger partial charge in [0.2, 0.25) is 0 Å². The molecule has 3 rings (SSSR count). The molecule has 0 aliphatic carbocycles. The molecule has 0 fully saturated rings. The predicted molar refractivity (Wildman–Crippen MR) is 89.7 cm³/mol. The minimum atomic E-state index is 0.261. The summed E-state index contributed by atoms with van der Waals surface area (Å²) in [6.45, 7) is 6.40. The summed E-state index contributed by atoms with van der Waals surface area (Å²) in [5.41, 5.74) is 5.99. The summed E-state index contributed by atoms with van der Waals surface area (Å²) in [5, 5.41) is 4.79. The van der Waals surface area contributed by atoms with Crippen LogP contribution in [0.2, 0.25) is 0 Å². The summed E-state index contributed by atoms with van der Waals surface area (Å²) < 4.78 is 0. The molecule has 2 heteroatoms. The lowest BCUT2D eigenvalue weighted by atomic mass is 10.0. The SMILES string of the molecule is Cc1ccc(C(C)Nc2ccc(C)c3ncccc23)cc1. The van der Waals surface area contributed by atoms with Crippen molar-refractivity contribution in [1.82, 2.24) is 4.98 Å². The second-order valence-electron chi connectivity index (χ2n) is 5.61. The summed E-state index contributed by atoms with van der Waals surface area (Å²) in [5.74, 6) is 0. The van der Waals surface area contributed by atoms with Crippen LogP contribution in [0.25, 0.3) is 10.9 Å². The molecular formula is C19H20N2. The molecule has 0 aliphatic rings. The van der Waals surface area contributed by atoms with Gasteiger partial charge in [-0.05, 0) is 50.1 Å². The summed E-state index contributed by atoms with van der Waals surface area (Å²) in [6.07, 6.45) is 1.85. The molecule has 0 radical (unpaired) electrons. The fourth-order valence-corrected chi connectivity index (χ4v) is 2.61. The lowest BCUT2D eigenvalue weighted by molar-refractivity contribution is 0.886. The number of aromatic nitrogens is 1. The van der Waals surface area contributed by atoms with Crippen molar-refractivity contribution in [2.75, 3.05) is 5.32 Å². The van der Waals surface area contributed by atoms with Crippen LogP contribution in [-0.4, -0.2) is 4.98 Å². The van der Waals surface area contributed by atoms with E-state index in [0.29, 0.717) is 0 Å². The molecule has 0 saturated carbocycles. The quantitative estimate of drug-likeness (QED) is 0.726. The Morgan fingerprint density at radius 2 is 1.71 bits per heavy atom. The molecule has 1 atom stereocenters. The molecule has 1 aromatic heterocycles. The zero-order chi connectivity index (χ0) is 14.8. The van der Waals surface area contributed by atoms with E-state index in [2.05, 4.69) is 73.5 Å². The first-order valence-electron chi connectivity index (χ1n) is 7.32. The molecule has 106 valence electrons. The molecule has 2 aromatic carbocycles. The molecule has 0 aliphatic heterocycles. The highest BCUT2D eigenvalue weighted by molar-refractivity contribution is 5.93. The second kappa shape index (κ2) is 5.57. The van der Waals surface area contributed by atoms with E-state index in [9.17, 15) is 0 Å². The smallest absolute Gasteiger partial charge is 0.0751 e. The van der Waals surface area contributed by atoms with E-state index in [1.54, 1.807) is 0 Å². The van der Waals surface area contributed by atoms with E-state index < -0.39 is 0 Å². The van der Waals surface area contributed by atoms with Gasteiger partial charge >= 0.3 is 0 Å². The van der Waals surface area contributed by atoms with E-state index in [-0.39, 0.29) is 6.04 Å². The third-order valence-corrected chi connectivity index (χ3v) is 3.92. The Hall–Kier alpha value is -2.35. The summed E-state index contributed by atoms with van der Waals surface area (Å²) in [7, 11) is 0. The van der Waals surface area contributed by atoms with Crippen molar-refractivity contribution in [2.45, 2.75) is 26.8 Å². The van der Waals surface area contributed by atoms with Crippen molar-refractivity contribution in [3.63, 3.8) is 0 Å². The van der Waals surface area contributed by atoms with Crippen LogP contribution in [0.15, 0.2) is 54.7 Å². The average molecular weight is 276 g/mol. The molecule has 0 bridgehead atoms. The Morgan fingerprint density at radius 3 is 2.48 bits per heavy atom. The summed E-state index contributed by atoms with van der Waals surface area (Å²) in [6, 6.07) is 17.3. The standard InChI is InChI=1S/C19H20N2/c1-13-6-9-16(10-7-13)15(3)21-18-11-8-14(2)19-17(18)5-4-12-20-19/h4-12,15,21H,1-3H3. The molecule has 1 heterocycles. The van der Waals surface area contributed by atoms with Gasteiger partial charge in [0.1, 0.15) is 0 Å². The van der Waals surface area contributed by atoms with Crippen molar-refractivity contribution in [2.24, 2.45) is 0 Å². The number of pyridine rings is 1. The maximum atomic E-state index is 4.49. The van der Waals surface area contributed by atoms with Gasteiger partial charge in [0.05, 0.1) is 5.52 Å². The van der Waals surface area contributed by atoms with Crippen molar-refractivity contribution < 1.29 is 0 Å². The predicted octanol–water partition coefficient (Wildman–Crippen LogP) is 5.02. The Labute approximate surface area is 125 Å². The van der Waals surface area contributed by atoms with Crippen LogP contribution in [0.4, 0.5) is 5.69 Å². The van der Waals surface area contributed by atoms with E-state index in [0.717, 1.165) is 11.2 Å². The van der Waals surface area contributed by atoms with Crippen molar-refractivity contribution >= 4 is 16.6 Å². The van der Waals surface area contributed by atoms with Crippen LogP contribution < -0.4 is 5.32 Å². The Balaban J connectivity index is 1.95. The highest BCUT2D eigenvalue weighted by Crippen LogP contribution is 2.28. The molecule has 0 saturated heterocycles. The molecule has 21 heavy (non-hydrogen) atoms. The Bertz CT molecular complexity index is 760. The maximum absolute atomic E-state index is 4.49. The van der Waals surface area contributed by atoms with Crippen LogP contribution in [0.3, 0.4) is 0 Å². The summed E-state index contributed by atoms with van der Waals surface area (Å²) in [4.78, 5) is 4.49. The number of anilines is 1. The van der Waals surface area contributed by atoms with E-state index in [1.165, 1.54) is 22.1 Å². The van der Waals surface area contributed by atoms with E-state index >= 15 is 0 Å². The number of nitrogens with one attached hydrogen (secondary N) is 1. The molecule has 1 N–H and O–H groups in total. The maximum Gasteiger partial charge on any atom is 0.0751 e. The number of rotatable bonds is 3. The van der Waals surface area contributed by atoms with Gasteiger partial charge in [-0.3, -0.25) is 4.98 Å². The third-order valence-electron chi connectivity index (χ3n) is 3.92. The average Bonchev–Trinajstić information content (AvgIpc) is 2.51. The zero-order valence-corrected chi connectivity index (χ0v) is 12.7. The monoisotopic (exact) mass is 276 g/mol. The molecule has 1 unspecified atom stereocenters. The minimum Gasteiger partial charge on any atom is -0.378 e. The lowest BCUT2D eigenvalue weighted by Gasteiger charge is -2.18. The van der Waals surface area contributed by atoms with Crippen molar-refractivity contribution in [1.29, 1.82) is 0 Å². The lowest BCUT2D eigenvalue weighted by Crippen LogP contribution is -2.07. The van der Waals surface area contributed by atoms with Crippen molar-refractivity contribution in [3.05, 3.63) is 71.4 Å². The minimum absolute atomic E-state index is 0.261. The van der Waals surface area contributed by atoms with Gasteiger partial charge in [0.25, 0.3) is 0 Å². The zero-order valence-electron chi connectivity index (χ0n) is 12.7. The highest BCUT2D eigenvalue weighted by Gasteiger charge is 2.09. The van der Waals surface area contributed by atoms with Crippen LogP contribution in [0, 0.1) is 13.8 Å². The van der Waals surface area contributed by atoms with Gasteiger partial charge in [-0.25, -0.2) is 0 Å². The molecule has 0 amide bonds. The molecule has 3 aromatic rings. The largest absolute Gasteiger partial charge is 0.378 e. The van der Waals surface area contributed by atoms with E-state index in [4.69, 9.17) is 0 Å². The van der Waals surface area contributed by atoms with E-state index in [1.807, 2.05) is 12.3 Å². The first-order valence-corrected chi connectivity index (χ1v) is 7.32. The first kappa shape index (κ1) is 13.6. The van der Waals surface area contributed by atoms with Gasteiger partial charge in [0.15, 0.2) is 0 Å². The Kier molecular flexibility index (Phi) is 3.61. The molecule has 0 spiro atoms. The molecular weight excluding hydrogens is 256 g/mol. The second-order valence-corrected chi connectivity index (χ2v) is 5.61. The van der Waals surface area contributed by atoms with Crippen LogP contribution >= 0.6 is 0 Å². The third kappa shape index (κ3) is 2.75. The highest BCUT2D eigenvalue weighted by atomic mass is 14.9. The fourth-order valence-electron chi connectivity index (χ4n) is 2.61. The van der Waals surface area contributed by atoms with Crippen LogP contribution in [0.5, 0.6) is 0 Å². The van der Waals surface area contributed by atoms with Gasteiger partial charge in [-0.15, -0.1) is 0 Å². The molecule has 2 nitrogen and oxygen atoms in total.